The molecule has 1 heterocycles. The number of carbonyl (C=O) groups is 1. The third kappa shape index (κ3) is 6.05. The SMILES string of the molecule is CC1(C)CN(CC(=O)NCCC2CCCCC2)CCC1N.Cl. The van der Waals surface area contributed by atoms with Gasteiger partial charge in [-0.25, -0.2) is 0 Å². The van der Waals surface area contributed by atoms with Gasteiger partial charge in [-0.15, -0.1) is 12.4 Å². The quantitative estimate of drug-likeness (QED) is 0.814. The first-order valence-electron chi connectivity index (χ1n) is 8.72. The average molecular weight is 332 g/mol. The van der Waals surface area contributed by atoms with Gasteiger partial charge in [0, 0.05) is 25.7 Å². The van der Waals surface area contributed by atoms with Gasteiger partial charge in [0.2, 0.25) is 5.91 Å². The molecule has 1 aliphatic carbocycles. The van der Waals surface area contributed by atoms with Crippen molar-refractivity contribution in [3.05, 3.63) is 0 Å². The van der Waals surface area contributed by atoms with Crippen molar-refractivity contribution in [2.75, 3.05) is 26.2 Å². The molecule has 0 aromatic carbocycles. The van der Waals surface area contributed by atoms with E-state index in [1.165, 1.54) is 32.1 Å². The second-order valence-electron chi connectivity index (χ2n) is 7.74. The van der Waals surface area contributed by atoms with Gasteiger partial charge < -0.3 is 11.1 Å². The van der Waals surface area contributed by atoms with Crippen LogP contribution in [0.4, 0.5) is 0 Å². The Morgan fingerprint density at radius 3 is 2.55 bits per heavy atom. The monoisotopic (exact) mass is 331 g/mol. The van der Waals surface area contributed by atoms with Crippen LogP contribution < -0.4 is 11.1 Å². The van der Waals surface area contributed by atoms with Crippen LogP contribution in [-0.4, -0.2) is 43.0 Å². The van der Waals surface area contributed by atoms with Gasteiger partial charge >= 0.3 is 0 Å². The number of piperidine rings is 1. The van der Waals surface area contributed by atoms with E-state index in [1.54, 1.807) is 0 Å². The zero-order valence-corrected chi connectivity index (χ0v) is 15.1. The van der Waals surface area contributed by atoms with E-state index in [4.69, 9.17) is 5.73 Å². The molecule has 0 aromatic heterocycles. The van der Waals surface area contributed by atoms with Crippen LogP contribution in [0.2, 0.25) is 0 Å². The van der Waals surface area contributed by atoms with E-state index >= 15 is 0 Å². The standard InChI is InChI=1S/C17H33N3O.ClH/c1-17(2)13-20(11-9-15(17)18)12-16(21)19-10-8-14-6-4-3-5-7-14;/h14-15H,3-13,18H2,1-2H3,(H,19,21);1H. The number of likely N-dealkylation sites (tertiary alicyclic amines) is 1. The van der Waals surface area contributed by atoms with E-state index in [2.05, 4.69) is 24.1 Å². The molecule has 5 heteroatoms. The van der Waals surface area contributed by atoms with E-state index in [1.807, 2.05) is 0 Å². The molecule has 1 amide bonds. The molecule has 0 bridgehead atoms. The molecule has 1 saturated heterocycles. The summed E-state index contributed by atoms with van der Waals surface area (Å²) in [6, 6.07) is 0.253. The highest BCUT2D eigenvalue weighted by Crippen LogP contribution is 2.27. The number of carbonyl (C=O) groups excluding carboxylic acids is 1. The zero-order chi connectivity index (χ0) is 15.3. The Morgan fingerprint density at radius 1 is 1.23 bits per heavy atom. The zero-order valence-electron chi connectivity index (χ0n) is 14.3. The summed E-state index contributed by atoms with van der Waals surface area (Å²) < 4.78 is 0. The van der Waals surface area contributed by atoms with Crippen molar-refractivity contribution < 1.29 is 4.79 Å². The Kier molecular flexibility index (Phi) is 8.15. The van der Waals surface area contributed by atoms with Crippen LogP contribution in [-0.2, 0) is 4.79 Å². The predicted molar refractivity (Wildman–Crippen MR) is 94.3 cm³/mol. The summed E-state index contributed by atoms with van der Waals surface area (Å²) >= 11 is 0. The Balaban J connectivity index is 0.00000242. The van der Waals surface area contributed by atoms with Crippen LogP contribution in [0.15, 0.2) is 0 Å². The Morgan fingerprint density at radius 2 is 1.91 bits per heavy atom. The molecule has 3 N–H and O–H groups in total. The molecule has 4 nitrogen and oxygen atoms in total. The fourth-order valence-corrected chi connectivity index (χ4v) is 3.77. The second kappa shape index (κ2) is 9.09. The fraction of sp³-hybridized carbons (Fsp3) is 0.941. The highest BCUT2D eigenvalue weighted by atomic mass is 35.5. The fourth-order valence-electron chi connectivity index (χ4n) is 3.77. The van der Waals surface area contributed by atoms with Gasteiger partial charge in [0.1, 0.15) is 0 Å². The number of amides is 1. The molecule has 0 radical (unpaired) electrons. The number of nitrogens with zero attached hydrogens (tertiary/aromatic N) is 1. The number of hydrogen-bond donors (Lipinski definition) is 2. The molecule has 2 aliphatic rings. The highest BCUT2D eigenvalue weighted by Gasteiger charge is 2.33. The minimum Gasteiger partial charge on any atom is -0.355 e. The molecule has 1 unspecified atom stereocenters. The van der Waals surface area contributed by atoms with Crippen molar-refractivity contribution >= 4 is 18.3 Å². The lowest BCUT2D eigenvalue weighted by Crippen LogP contribution is -2.54. The lowest BCUT2D eigenvalue weighted by molar-refractivity contribution is -0.123. The van der Waals surface area contributed by atoms with Crippen molar-refractivity contribution in [3.8, 4) is 0 Å². The number of rotatable bonds is 5. The maximum absolute atomic E-state index is 12.1. The Hall–Kier alpha value is -0.320. The van der Waals surface area contributed by atoms with Gasteiger partial charge in [-0.05, 0) is 24.2 Å². The van der Waals surface area contributed by atoms with Gasteiger partial charge in [0.05, 0.1) is 6.54 Å². The molecular weight excluding hydrogens is 298 g/mol. The van der Waals surface area contributed by atoms with Gasteiger partial charge in [-0.3, -0.25) is 9.69 Å². The first-order chi connectivity index (χ1) is 9.97. The minimum absolute atomic E-state index is 0. The average Bonchev–Trinajstić information content (AvgIpc) is 2.44. The van der Waals surface area contributed by atoms with Crippen LogP contribution in [0.5, 0.6) is 0 Å². The first-order valence-corrected chi connectivity index (χ1v) is 8.72. The van der Waals surface area contributed by atoms with Crippen LogP contribution in [0.3, 0.4) is 0 Å². The highest BCUT2D eigenvalue weighted by molar-refractivity contribution is 5.85. The lowest BCUT2D eigenvalue weighted by Gasteiger charge is -2.42. The van der Waals surface area contributed by atoms with E-state index in [0.29, 0.717) is 6.54 Å². The molecule has 0 spiro atoms. The van der Waals surface area contributed by atoms with Gasteiger partial charge in [-0.2, -0.15) is 0 Å². The minimum atomic E-state index is 0. The summed E-state index contributed by atoms with van der Waals surface area (Å²) in [6.45, 7) is 7.64. The molecule has 0 aromatic rings. The largest absolute Gasteiger partial charge is 0.355 e. The van der Waals surface area contributed by atoms with E-state index in [9.17, 15) is 4.79 Å². The Bertz CT molecular complexity index is 343. The Labute approximate surface area is 142 Å². The second-order valence-corrected chi connectivity index (χ2v) is 7.74. The number of nitrogens with one attached hydrogen (secondary N) is 1. The maximum atomic E-state index is 12.1. The van der Waals surface area contributed by atoms with Gasteiger partial charge in [0.25, 0.3) is 0 Å². The van der Waals surface area contributed by atoms with Crippen LogP contribution in [0.25, 0.3) is 0 Å². The van der Waals surface area contributed by atoms with Crippen molar-refractivity contribution in [2.45, 2.75) is 64.8 Å². The van der Waals surface area contributed by atoms with Crippen molar-refractivity contribution in [1.29, 1.82) is 0 Å². The lowest BCUT2D eigenvalue weighted by atomic mass is 9.80. The topological polar surface area (TPSA) is 58.4 Å². The van der Waals surface area contributed by atoms with Crippen LogP contribution >= 0.6 is 12.4 Å². The molecule has 2 fully saturated rings. The maximum Gasteiger partial charge on any atom is 0.234 e. The first kappa shape index (κ1) is 19.7. The molecule has 2 rings (SSSR count). The summed E-state index contributed by atoms with van der Waals surface area (Å²) in [4.78, 5) is 14.3. The van der Waals surface area contributed by atoms with Crippen LogP contribution in [0.1, 0.15) is 58.8 Å². The van der Waals surface area contributed by atoms with E-state index < -0.39 is 0 Å². The van der Waals surface area contributed by atoms with Crippen molar-refractivity contribution in [2.24, 2.45) is 17.1 Å². The molecule has 1 aliphatic heterocycles. The summed E-state index contributed by atoms with van der Waals surface area (Å²) in [5.74, 6) is 1.02. The predicted octanol–water partition coefficient (Wildman–Crippen LogP) is 2.55. The number of halogens is 1. The van der Waals surface area contributed by atoms with Crippen LogP contribution in [0, 0.1) is 11.3 Å². The van der Waals surface area contributed by atoms with Gasteiger partial charge in [-0.1, -0.05) is 46.0 Å². The summed E-state index contributed by atoms with van der Waals surface area (Å²) in [5, 5.41) is 3.10. The van der Waals surface area contributed by atoms with Crippen molar-refractivity contribution in [1.82, 2.24) is 10.2 Å². The van der Waals surface area contributed by atoms with E-state index in [0.717, 1.165) is 38.4 Å². The summed E-state index contributed by atoms with van der Waals surface area (Å²) in [5.41, 5.74) is 6.25. The van der Waals surface area contributed by atoms with E-state index in [-0.39, 0.29) is 29.8 Å². The molecular formula is C17H34ClN3O. The molecule has 1 saturated carbocycles. The summed E-state index contributed by atoms with van der Waals surface area (Å²) in [6.07, 6.45) is 9.01. The van der Waals surface area contributed by atoms with Gasteiger partial charge in [0.15, 0.2) is 0 Å². The van der Waals surface area contributed by atoms with Crippen molar-refractivity contribution in [3.63, 3.8) is 0 Å². The number of hydrogen-bond acceptors (Lipinski definition) is 3. The molecule has 22 heavy (non-hydrogen) atoms. The smallest absolute Gasteiger partial charge is 0.234 e. The molecule has 1 atom stereocenters. The number of nitrogens with two attached hydrogens (primary N) is 1. The molecule has 130 valence electrons. The summed E-state index contributed by atoms with van der Waals surface area (Å²) in [7, 11) is 0. The third-order valence-electron chi connectivity index (χ3n) is 5.36. The third-order valence-corrected chi connectivity index (χ3v) is 5.36. The normalized spacial score (nSPS) is 26.2.